The predicted molar refractivity (Wildman–Crippen MR) is 66.5 cm³/mol. The van der Waals surface area contributed by atoms with Crippen LogP contribution in [0.5, 0.6) is 0 Å². The monoisotopic (exact) mass is 233 g/mol. The third-order valence-electron chi connectivity index (χ3n) is 1.06. The van der Waals surface area contributed by atoms with Crippen molar-refractivity contribution in [2.75, 3.05) is 0 Å². The van der Waals surface area contributed by atoms with E-state index in [9.17, 15) is 0 Å². The molecule has 0 aromatic carbocycles. The molecule has 1 radical (unpaired) electrons. The summed E-state index contributed by atoms with van der Waals surface area (Å²) in [5, 5.41) is 0. The molecule has 0 aliphatic carbocycles. The van der Waals surface area contributed by atoms with E-state index in [4.69, 9.17) is 0 Å². The van der Waals surface area contributed by atoms with Gasteiger partial charge in [-0.25, -0.2) is 0 Å². The molecule has 2 heteroatoms. The van der Waals surface area contributed by atoms with Crippen molar-refractivity contribution in [2.45, 2.75) is 59.3 Å². The van der Waals surface area contributed by atoms with E-state index in [0.717, 1.165) is 19.3 Å². The zero-order valence-electron chi connectivity index (χ0n) is 10.7. The molecule has 0 aromatic heterocycles. The molecule has 0 atom stereocenters. The molecule has 0 saturated carbocycles. The minimum Gasteiger partial charge on any atom is -0.343 e. The van der Waals surface area contributed by atoms with Crippen LogP contribution in [-0.2, 0) is 17.1 Å². The van der Waals surface area contributed by atoms with Crippen LogP contribution in [0.25, 0.3) is 0 Å². The zero-order valence-corrected chi connectivity index (χ0v) is 11.9. The molecule has 0 heterocycles. The molecule has 0 aromatic rings. The fourth-order valence-electron chi connectivity index (χ4n) is 0. The molecule has 0 bridgehead atoms. The quantitative estimate of drug-likeness (QED) is 0.498. The largest absolute Gasteiger partial charge is 3.00 e. The first-order valence-corrected chi connectivity index (χ1v) is 5.12. The molecule has 0 nitrogen and oxygen atoms in total. The van der Waals surface area contributed by atoms with Gasteiger partial charge in [-0.05, 0) is 0 Å². The summed E-state index contributed by atoms with van der Waals surface area (Å²) in [5.74, 6) is 0. The van der Waals surface area contributed by atoms with Crippen molar-refractivity contribution in [2.24, 2.45) is 0 Å². The average Bonchev–Trinajstić information content (AvgIpc) is 2.18. The van der Waals surface area contributed by atoms with Gasteiger partial charge in [0.25, 0.3) is 0 Å². The van der Waals surface area contributed by atoms with Gasteiger partial charge in [-0.1, -0.05) is 40.0 Å². The Hall–Kier alpha value is 1.12. The topological polar surface area (TPSA) is 0 Å². The molecular weight excluding hydrogens is 206 g/mol. The molecule has 0 amide bonds. The molecule has 14 heavy (non-hydrogen) atoms. The zero-order chi connectivity index (χ0) is 10.2. The summed E-state index contributed by atoms with van der Waals surface area (Å²) in [6.07, 6.45) is 6.83. The van der Waals surface area contributed by atoms with Crippen molar-refractivity contribution in [3.8, 4) is 0 Å². The van der Waals surface area contributed by atoms with Gasteiger partial charge >= 0.3 is 17.1 Å². The van der Waals surface area contributed by atoms with Crippen molar-refractivity contribution < 1.29 is 17.1 Å². The van der Waals surface area contributed by atoms with Crippen LogP contribution in [0, 0.1) is 20.8 Å². The summed E-state index contributed by atoms with van der Waals surface area (Å²) < 4.78 is 0. The van der Waals surface area contributed by atoms with Gasteiger partial charge < -0.3 is 20.8 Å². The minimum absolute atomic E-state index is 0. The summed E-state index contributed by atoms with van der Waals surface area (Å²) in [6.45, 7) is 17.2. The number of unbranched alkanes of at least 4 members (excludes halogenated alkanes) is 3. The second-order valence-corrected chi connectivity index (χ2v) is 2.56. The summed E-state index contributed by atoms with van der Waals surface area (Å²) in [5.41, 5.74) is 0. The fraction of sp³-hybridized carbons (Fsp3) is 0.750. The van der Waals surface area contributed by atoms with Crippen LogP contribution in [-0.4, -0.2) is 18.9 Å². The van der Waals surface area contributed by atoms with Gasteiger partial charge in [0.15, 0.2) is 0 Å². The van der Waals surface area contributed by atoms with Crippen LogP contribution >= 0.6 is 0 Å². The first kappa shape index (κ1) is 29.4. The summed E-state index contributed by atoms with van der Waals surface area (Å²) >= 11 is 0. The minimum atomic E-state index is 0. The van der Waals surface area contributed by atoms with Crippen molar-refractivity contribution in [1.82, 2.24) is 0 Å². The number of hydrogen-bond acceptors (Lipinski definition) is 0. The third kappa shape index (κ3) is 114. The van der Waals surface area contributed by atoms with E-state index in [1.807, 2.05) is 0 Å². The van der Waals surface area contributed by atoms with Crippen LogP contribution in [0.4, 0.5) is 0 Å². The Bertz CT molecular complexity index is 25.8. The molecule has 0 unspecified atom stereocenters. The van der Waals surface area contributed by atoms with Gasteiger partial charge in [-0.15, -0.1) is 0 Å². The van der Waals surface area contributed by atoms with E-state index in [0.29, 0.717) is 0 Å². The van der Waals surface area contributed by atoms with Gasteiger partial charge in [-0.3, -0.25) is 0 Å². The summed E-state index contributed by atoms with van der Waals surface area (Å²) in [6, 6.07) is 0. The Kier molecular flexibility index (Phi) is 101. The molecule has 0 N–H and O–H groups in total. The molecule has 0 aliphatic rings. The molecular formula is C12H27LiMn. The van der Waals surface area contributed by atoms with E-state index in [1.54, 1.807) is 0 Å². The maximum atomic E-state index is 3.60. The van der Waals surface area contributed by atoms with E-state index in [2.05, 4.69) is 41.5 Å². The Morgan fingerprint density at radius 1 is 0.643 bits per heavy atom. The predicted octanol–water partition coefficient (Wildman–Crippen LogP) is 4.48. The maximum Gasteiger partial charge on any atom is 3.00 e. The fourth-order valence-corrected chi connectivity index (χ4v) is 0. The molecule has 0 aliphatic heterocycles. The van der Waals surface area contributed by atoms with E-state index in [1.165, 1.54) is 19.3 Å². The van der Waals surface area contributed by atoms with Gasteiger partial charge in [0.2, 0.25) is 0 Å². The molecule has 0 fully saturated rings. The van der Waals surface area contributed by atoms with Crippen LogP contribution in [0.1, 0.15) is 59.3 Å². The Balaban J connectivity index is -0.0000000270. The third-order valence-corrected chi connectivity index (χ3v) is 1.06. The summed E-state index contributed by atoms with van der Waals surface area (Å²) in [4.78, 5) is 0. The summed E-state index contributed by atoms with van der Waals surface area (Å²) in [7, 11) is 0. The first-order chi connectivity index (χ1) is 5.74. The van der Waals surface area contributed by atoms with Gasteiger partial charge in [-0.2, -0.15) is 19.3 Å². The SMILES string of the molecule is [CH2-]CCC.[CH2-]CCC.[CH2-]CCC.[Li].[Mn+3]. The second-order valence-electron chi connectivity index (χ2n) is 2.56. The molecule has 0 saturated heterocycles. The smallest absolute Gasteiger partial charge is 0.343 e. The molecule has 83 valence electrons. The van der Waals surface area contributed by atoms with Crippen molar-refractivity contribution in [3.63, 3.8) is 0 Å². The van der Waals surface area contributed by atoms with Gasteiger partial charge in [0.05, 0.1) is 0 Å². The number of rotatable bonds is 3. The average molecular weight is 233 g/mol. The van der Waals surface area contributed by atoms with E-state index in [-0.39, 0.29) is 35.9 Å². The normalized spacial score (nSPS) is 6.43. The van der Waals surface area contributed by atoms with Crippen molar-refractivity contribution in [3.05, 3.63) is 20.8 Å². The number of hydrogen-bond donors (Lipinski definition) is 0. The van der Waals surface area contributed by atoms with Crippen LogP contribution in [0.3, 0.4) is 0 Å². The van der Waals surface area contributed by atoms with Crippen molar-refractivity contribution in [1.29, 1.82) is 0 Å². The van der Waals surface area contributed by atoms with E-state index >= 15 is 0 Å². The van der Waals surface area contributed by atoms with Gasteiger partial charge in [0, 0.05) is 18.9 Å². The van der Waals surface area contributed by atoms with E-state index < -0.39 is 0 Å². The Labute approximate surface area is 116 Å². The maximum absolute atomic E-state index is 3.60. The second kappa shape index (κ2) is 48.0. The van der Waals surface area contributed by atoms with Crippen LogP contribution < -0.4 is 0 Å². The Morgan fingerprint density at radius 2 is 0.714 bits per heavy atom. The standard InChI is InChI=1S/3C4H9.Li.Mn/c3*1-3-4-2;;/h3*1,3-4H2,2H3;;/q3*-1;;+3. The molecule has 0 rings (SSSR count). The van der Waals surface area contributed by atoms with Gasteiger partial charge in [0.1, 0.15) is 0 Å². The first-order valence-electron chi connectivity index (χ1n) is 5.12. The van der Waals surface area contributed by atoms with Crippen molar-refractivity contribution >= 4 is 18.9 Å². The van der Waals surface area contributed by atoms with Crippen LogP contribution in [0.15, 0.2) is 0 Å². The Morgan fingerprint density at radius 3 is 0.714 bits per heavy atom. The molecule has 0 spiro atoms. The van der Waals surface area contributed by atoms with Crippen LogP contribution in [0.2, 0.25) is 0 Å².